The van der Waals surface area contributed by atoms with Gasteiger partial charge in [0.1, 0.15) is 0 Å². The predicted octanol–water partition coefficient (Wildman–Crippen LogP) is 4.73. The molecule has 1 saturated heterocycles. The number of nitrogens with zero attached hydrogens (tertiary/aromatic N) is 3. The Bertz CT molecular complexity index is 1170. The van der Waals surface area contributed by atoms with Gasteiger partial charge in [0.25, 0.3) is 5.69 Å². The number of hydrogen-bond donors (Lipinski definition) is 0. The maximum Gasteiger partial charge on any atom is 0.275 e. The van der Waals surface area contributed by atoms with E-state index in [1.54, 1.807) is 11.3 Å². The van der Waals surface area contributed by atoms with Gasteiger partial charge in [-0.2, -0.15) is 4.31 Å². The van der Waals surface area contributed by atoms with E-state index in [-0.39, 0.29) is 27.1 Å². The van der Waals surface area contributed by atoms with Crippen LogP contribution in [-0.4, -0.2) is 35.7 Å². The number of nitro benzene ring substituents is 1. The number of hydrogen-bond acceptors (Lipinski definition) is 6. The highest BCUT2D eigenvalue weighted by atomic mass is 35.5. The van der Waals surface area contributed by atoms with Crippen LogP contribution in [0.5, 0.6) is 0 Å². The lowest BCUT2D eigenvalue weighted by Crippen LogP contribution is -2.37. The average molecular weight is 452 g/mol. The van der Waals surface area contributed by atoms with Crippen molar-refractivity contribution in [1.29, 1.82) is 0 Å². The van der Waals surface area contributed by atoms with Crippen molar-refractivity contribution < 1.29 is 13.3 Å². The van der Waals surface area contributed by atoms with E-state index in [2.05, 4.69) is 0 Å². The Balaban J connectivity index is 1.55. The van der Waals surface area contributed by atoms with Crippen molar-refractivity contribution >= 4 is 48.9 Å². The molecule has 4 rings (SSSR count). The lowest BCUT2D eigenvalue weighted by atomic mass is 9.99. The number of piperidine rings is 1. The summed E-state index contributed by atoms with van der Waals surface area (Å²) in [7, 11) is -3.86. The summed E-state index contributed by atoms with van der Waals surface area (Å²) >= 11 is 7.70. The normalized spacial score (nSPS) is 16.3. The molecule has 0 radical (unpaired) electrons. The molecule has 1 aliphatic rings. The first-order valence-electron chi connectivity index (χ1n) is 9.07. The third-order valence-corrected chi connectivity index (χ3v) is 8.71. The minimum absolute atomic E-state index is 0.0714. The number of benzene rings is 2. The van der Waals surface area contributed by atoms with Crippen LogP contribution >= 0.6 is 22.9 Å². The number of fused-ring (bicyclic) bond motifs is 1. The van der Waals surface area contributed by atoms with Crippen LogP contribution in [0.3, 0.4) is 0 Å². The quantitative estimate of drug-likeness (QED) is 0.422. The summed E-state index contributed by atoms with van der Waals surface area (Å²) < 4.78 is 28.6. The average Bonchev–Trinajstić information content (AvgIpc) is 3.14. The van der Waals surface area contributed by atoms with Gasteiger partial charge in [0.05, 0.1) is 30.1 Å². The minimum atomic E-state index is -3.86. The third-order valence-electron chi connectivity index (χ3n) is 5.24. The SMILES string of the molecule is Cc1c(Cl)cc(S(=O)(=O)N2CCC(c3nc4ccccc4s3)CC2)cc1[N+](=O)[O-]. The fraction of sp³-hybridized carbons (Fsp3) is 0.316. The molecule has 0 amide bonds. The maximum atomic E-state index is 13.0. The number of thiazole rings is 1. The molecule has 29 heavy (non-hydrogen) atoms. The van der Waals surface area contributed by atoms with Gasteiger partial charge in [-0.25, -0.2) is 13.4 Å². The number of rotatable bonds is 4. The molecule has 0 aliphatic carbocycles. The molecule has 7 nitrogen and oxygen atoms in total. The Morgan fingerprint density at radius 1 is 1.24 bits per heavy atom. The third kappa shape index (κ3) is 3.75. The summed E-state index contributed by atoms with van der Waals surface area (Å²) in [5.41, 5.74) is 0.926. The van der Waals surface area contributed by atoms with E-state index in [0.29, 0.717) is 25.9 Å². The predicted molar refractivity (Wildman–Crippen MR) is 113 cm³/mol. The van der Waals surface area contributed by atoms with E-state index in [0.717, 1.165) is 21.3 Å². The zero-order valence-electron chi connectivity index (χ0n) is 15.5. The van der Waals surface area contributed by atoms with Gasteiger partial charge >= 0.3 is 0 Å². The van der Waals surface area contributed by atoms with Crippen molar-refractivity contribution in [2.75, 3.05) is 13.1 Å². The molecule has 0 N–H and O–H groups in total. The summed E-state index contributed by atoms with van der Waals surface area (Å²) in [4.78, 5) is 15.2. The summed E-state index contributed by atoms with van der Waals surface area (Å²) in [6.45, 7) is 2.17. The van der Waals surface area contributed by atoms with Crippen LogP contribution < -0.4 is 0 Å². The van der Waals surface area contributed by atoms with E-state index in [4.69, 9.17) is 16.6 Å². The van der Waals surface area contributed by atoms with Crippen molar-refractivity contribution in [2.24, 2.45) is 0 Å². The fourth-order valence-electron chi connectivity index (χ4n) is 3.54. The van der Waals surface area contributed by atoms with Crippen LogP contribution in [0.4, 0.5) is 5.69 Å². The van der Waals surface area contributed by atoms with Crippen molar-refractivity contribution in [1.82, 2.24) is 9.29 Å². The van der Waals surface area contributed by atoms with E-state index in [1.807, 2.05) is 24.3 Å². The highest BCUT2D eigenvalue weighted by Crippen LogP contribution is 2.36. The molecule has 1 fully saturated rings. The second-order valence-corrected chi connectivity index (χ2v) is 10.4. The summed E-state index contributed by atoms with van der Waals surface area (Å²) in [5.74, 6) is 0.204. The molecule has 1 aromatic heterocycles. The molecule has 1 aliphatic heterocycles. The Morgan fingerprint density at radius 2 is 1.93 bits per heavy atom. The standard InChI is InChI=1S/C19H18ClN3O4S2/c1-12-15(20)10-14(11-17(12)23(24)25)29(26,27)22-8-6-13(7-9-22)19-21-16-4-2-3-5-18(16)28-19/h2-5,10-11,13H,6-9H2,1H3. The van der Waals surface area contributed by atoms with E-state index in [9.17, 15) is 18.5 Å². The molecule has 2 aromatic carbocycles. The maximum absolute atomic E-state index is 13.0. The molecule has 152 valence electrons. The molecular weight excluding hydrogens is 434 g/mol. The van der Waals surface area contributed by atoms with Crippen molar-refractivity contribution in [3.63, 3.8) is 0 Å². The van der Waals surface area contributed by atoms with Crippen molar-refractivity contribution in [3.8, 4) is 0 Å². The Kier molecular flexibility index (Phi) is 5.32. The zero-order valence-corrected chi connectivity index (χ0v) is 17.9. The number of halogens is 1. The van der Waals surface area contributed by atoms with Gasteiger partial charge in [0, 0.05) is 30.6 Å². The second-order valence-electron chi connectivity index (χ2n) is 7.00. The van der Waals surface area contributed by atoms with Gasteiger partial charge in [0.15, 0.2) is 0 Å². The number of nitro groups is 1. The minimum Gasteiger partial charge on any atom is -0.258 e. The second kappa shape index (κ2) is 7.64. The highest BCUT2D eigenvalue weighted by Gasteiger charge is 2.33. The molecule has 0 atom stereocenters. The molecule has 3 aromatic rings. The topological polar surface area (TPSA) is 93.4 Å². The number of aromatic nitrogens is 1. The van der Waals surface area contributed by atoms with Gasteiger partial charge in [-0.3, -0.25) is 10.1 Å². The Morgan fingerprint density at radius 3 is 2.59 bits per heavy atom. The first kappa shape index (κ1) is 20.2. The number of sulfonamides is 1. The smallest absolute Gasteiger partial charge is 0.258 e. The molecule has 0 bridgehead atoms. The lowest BCUT2D eigenvalue weighted by molar-refractivity contribution is -0.385. The fourth-order valence-corrected chi connectivity index (χ4v) is 6.47. The molecule has 0 spiro atoms. The van der Waals surface area contributed by atoms with E-state index >= 15 is 0 Å². The van der Waals surface area contributed by atoms with Gasteiger partial charge in [-0.15, -0.1) is 11.3 Å². The summed E-state index contributed by atoms with van der Waals surface area (Å²) in [5, 5.41) is 12.3. The summed E-state index contributed by atoms with van der Waals surface area (Å²) in [6, 6.07) is 10.3. The van der Waals surface area contributed by atoms with Gasteiger partial charge in [0.2, 0.25) is 10.0 Å². The van der Waals surface area contributed by atoms with Gasteiger partial charge < -0.3 is 0 Å². The molecule has 0 saturated carbocycles. The van der Waals surface area contributed by atoms with Crippen LogP contribution in [0, 0.1) is 17.0 Å². The molecular formula is C19H18ClN3O4S2. The van der Waals surface area contributed by atoms with Crippen molar-refractivity contribution in [3.05, 3.63) is 62.1 Å². The highest BCUT2D eigenvalue weighted by molar-refractivity contribution is 7.89. The first-order chi connectivity index (χ1) is 13.8. The molecule has 0 unspecified atom stereocenters. The monoisotopic (exact) mass is 451 g/mol. The molecule has 2 heterocycles. The van der Waals surface area contributed by atoms with Gasteiger partial charge in [-0.05, 0) is 38.0 Å². The van der Waals surface area contributed by atoms with Crippen LogP contribution in [0.15, 0.2) is 41.3 Å². The zero-order chi connectivity index (χ0) is 20.8. The summed E-state index contributed by atoms with van der Waals surface area (Å²) in [6.07, 6.45) is 1.31. The molecule has 10 heteroatoms. The number of para-hydroxylation sites is 1. The Labute approximate surface area is 177 Å². The largest absolute Gasteiger partial charge is 0.275 e. The van der Waals surface area contributed by atoms with Crippen LogP contribution in [0.2, 0.25) is 5.02 Å². The Hall–Kier alpha value is -2.07. The lowest BCUT2D eigenvalue weighted by Gasteiger charge is -2.30. The van der Waals surface area contributed by atoms with Crippen LogP contribution in [-0.2, 0) is 10.0 Å². The van der Waals surface area contributed by atoms with Gasteiger partial charge in [-0.1, -0.05) is 23.7 Å². The van der Waals surface area contributed by atoms with Crippen molar-refractivity contribution in [2.45, 2.75) is 30.6 Å². The van der Waals surface area contributed by atoms with E-state index in [1.165, 1.54) is 17.3 Å². The van der Waals surface area contributed by atoms with Crippen LogP contribution in [0.1, 0.15) is 29.3 Å². The van der Waals surface area contributed by atoms with E-state index < -0.39 is 14.9 Å². The first-order valence-corrected chi connectivity index (χ1v) is 11.7. The van der Waals surface area contributed by atoms with Crippen LogP contribution in [0.25, 0.3) is 10.2 Å².